The summed E-state index contributed by atoms with van der Waals surface area (Å²) in [5.74, 6) is 0. The maximum atomic E-state index is 12.7. The zero-order valence-electron chi connectivity index (χ0n) is 21.6. The molecule has 10 heteroatoms. The maximum absolute atomic E-state index is 12.7. The van der Waals surface area contributed by atoms with Gasteiger partial charge in [-0.1, -0.05) is 96.2 Å². The number of aryl methyl sites for hydroxylation is 1. The minimum atomic E-state index is -0.597. The minimum absolute atomic E-state index is 0. The third kappa shape index (κ3) is 6.57. The van der Waals surface area contributed by atoms with Gasteiger partial charge in [-0.25, -0.2) is 4.79 Å². The Labute approximate surface area is 263 Å². The summed E-state index contributed by atoms with van der Waals surface area (Å²) in [4.78, 5) is 24.8. The number of amides is 1. The van der Waals surface area contributed by atoms with Gasteiger partial charge in [-0.15, -0.1) is 5.41 Å². The Morgan fingerprint density at radius 3 is 2.33 bits per heavy atom. The largest absolute Gasteiger partial charge is 1.00 e. The molecule has 1 fully saturated rings. The van der Waals surface area contributed by atoms with E-state index in [0.717, 1.165) is 45.5 Å². The van der Waals surface area contributed by atoms with Gasteiger partial charge in [0.05, 0.1) is 16.3 Å². The fourth-order valence-corrected chi connectivity index (χ4v) is 5.73. The molecule has 1 aromatic heterocycles. The van der Waals surface area contributed by atoms with Gasteiger partial charge in [0.25, 0.3) is 0 Å². The van der Waals surface area contributed by atoms with Crippen molar-refractivity contribution in [1.29, 1.82) is 0 Å². The Morgan fingerprint density at radius 2 is 1.72 bits per heavy atom. The maximum Gasteiger partial charge on any atom is 1.00 e. The molecule has 6 nitrogen and oxygen atoms in total. The minimum Gasteiger partial charge on any atom is -0.870 e. The number of nitrogens with zero attached hydrogens (tertiary/aromatic N) is 1. The average molecular weight is 590 g/mol. The first-order valence-electron chi connectivity index (χ1n) is 11.8. The molecular formula is C29H24Cl2N2NaO4S-. The van der Waals surface area contributed by atoms with Crippen LogP contribution < -0.4 is 34.9 Å². The number of hydrogen-bond donors (Lipinski definition) is 1. The van der Waals surface area contributed by atoms with E-state index in [1.165, 1.54) is 11.5 Å². The number of anilines is 1. The molecule has 1 atom stereocenters. The van der Waals surface area contributed by atoms with E-state index in [4.69, 9.17) is 27.9 Å². The van der Waals surface area contributed by atoms with Gasteiger partial charge < -0.3 is 15.0 Å². The van der Waals surface area contributed by atoms with Gasteiger partial charge in [0, 0.05) is 21.2 Å². The molecule has 1 heterocycles. The van der Waals surface area contributed by atoms with Crippen molar-refractivity contribution in [1.82, 2.24) is 4.37 Å². The fourth-order valence-electron chi connectivity index (χ4n) is 4.31. The summed E-state index contributed by atoms with van der Waals surface area (Å²) in [5, 5.41) is 3.95. The molecule has 4 aromatic rings. The number of aromatic nitrogens is 1. The number of carbonyl (C=O) groups excluding carboxylic acids is 2. The van der Waals surface area contributed by atoms with E-state index in [-0.39, 0.29) is 35.0 Å². The van der Waals surface area contributed by atoms with E-state index < -0.39 is 17.6 Å². The molecular weight excluding hydrogens is 566 g/mol. The molecule has 1 aliphatic carbocycles. The first-order valence-corrected chi connectivity index (χ1v) is 13.3. The van der Waals surface area contributed by atoms with Crippen molar-refractivity contribution in [2.75, 3.05) is 5.32 Å². The smallest absolute Gasteiger partial charge is 0.870 e. The third-order valence-corrected chi connectivity index (χ3v) is 8.29. The summed E-state index contributed by atoms with van der Waals surface area (Å²) in [7, 11) is 0. The van der Waals surface area contributed by atoms with Gasteiger partial charge in [0.2, 0.25) is 0 Å². The fraction of sp³-hybridized carbons (Fsp3) is 0.207. The molecule has 0 saturated heterocycles. The molecule has 0 radical (unpaired) electrons. The quantitative estimate of drug-likeness (QED) is 0.231. The second-order valence-electron chi connectivity index (χ2n) is 9.12. The van der Waals surface area contributed by atoms with E-state index in [1.54, 1.807) is 13.0 Å². The summed E-state index contributed by atoms with van der Waals surface area (Å²) in [6.45, 7) is 3.60. The van der Waals surface area contributed by atoms with Crippen LogP contribution in [-0.4, -0.2) is 22.2 Å². The van der Waals surface area contributed by atoms with Crippen molar-refractivity contribution in [2.24, 2.45) is 0 Å². The monoisotopic (exact) mass is 589 g/mol. The van der Waals surface area contributed by atoms with Gasteiger partial charge in [0.15, 0.2) is 0 Å². The van der Waals surface area contributed by atoms with Crippen LogP contribution in [0.5, 0.6) is 0 Å². The van der Waals surface area contributed by atoms with Crippen LogP contribution in [0.3, 0.4) is 0 Å². The van der Waals surface area contributed by atoms with E-state index in [9.17, 15) is 9.59 Å². The number of carbonyl (C=O) groups is 1. The van der Waals surface area contributed by atoms with Crippen molar-refractivity contribution < 1.29 is 49.4 Å². The topological polar surface area (TPSA) is 98.3 Å². The molecule has 0 aliphatic heterocycles. The van der Waals surface area contributed by atoms with Crippen molar-refractivity contribution in [3.05, 3.63) is 93.6 Å². The summed E-state index contributed by atoms with van der Waals surface area (Å²) < 4.78 is 10.0. The van der Waals surface area contributed by atoms with Crippen LogP contribution in [0.4, 0.5) is 10.5 Å². The molecule has 2 N–H and O–H groups in total. The Hall–Kier alpha value is -2.23. The summed E-state index contributed by atoms with van der Waals surface area (Å²) >= 11 is 14.2. The Kier molecular flexibility index (Phi) is 10.4. The molecule has 1 aliphatic rings. The van der Waals surface area contributed by atoms with Gasteiger partial charge in [-0.2, -0.15) is 4.37 Å². The number of nitrogens with one attached hydrogen (secondary N) is 1. The van der Waals surface area contributed by atoms with Crippen LogP contribution in [0.15, 0.2) is 66.7 Å². The molecule has 0 unspecified atom stereocenters. The molecule has 1 amide bonds. The molecule has 0 spiro atoms. The Balaban J connectivity index is 0.00000210. The average Bonchev–Trinajstić information content (AvgIpc) is 3.62. The number of rotatable bonds is 7. The van der Waals surface area contributed by atoms with Crippen LogP contribution in [0.1, 0.15) is 42.7 Å². The second kappa shape index (κ2) is 13.0. The molecule has 39 heavy (non-hydrogen) atoms. The Morgan fingerprint density at radius 1 is 1.05 bits per heavy atom. The van der Waals surface area contributed by atoms with Gasteiger partial charge in [-0.05, 0) is 48.6 Å². The third-order valence-electron chi connectivity index (χ3n) is 6.64. The van der Waals surface area contributed by atoms with E-state index >= 15 is 0 Å². The Bertz CT molecular complexity index is 1490. The van der Waals surface area contributed by atoms with Gasteiger partial charge in [0.1, 0.15) is 6.10 Å². The predicted molar refractivity (Wildman–Crippen MR) is 151 cm³/mol. The molecule has 5 rings (SSSR count). The SMILES string of the molecule is Cc1nsc(-c2ccc(-c3ccc(C4([C-]=O)CC4)cc3)c(Cl)c2)c1NC(=O)O[C@H](C)c1ccccc1Cl.[Na+].[OH-]. The number of benzene rings is 3. The second-order valence-corrected chi connectivity index (χ2v) is 10.7. The standard InChI is InChI=1S/C29H23Cl2N2O3S.Na.H2O/c1-17-26(32-28(35)36-18(2)22-5-3-4-6-24(22)30)27(37-33-17)20-9-12-23(25(31)15-20)19-7-10-21(11-8-19)29(16-34)13-14-29;;/h3-12,15,18H,13-14H2,1-2H3,(H,32,35);;1H2/q-1;+1;/p-1/t18-;;/m1../s1. The number of halogens is 2. The van der Waals surface area contributed by atoms with E-state index in [0.29, 0.717) is 21.4 Å². The molecule has 3 aromatic carbocycles. The van der Waals surface area contributed by atoms with E-state index in [1.807, 2.05) is 67.6 Å². The van der Waals surface area contributed by atoms with Crippen LogP contribution in [0.2, 0.25) is 10.0 Å². The molecule has 196 valence electrons. The zero-order chi connectivity index (χ0) is 26.2. The van der Waals surface area contributed by atoms with Crippen LogP contribution in [0.25, 0.3) is 21.6 Å². The molecule has 1 saturated carbocycles. The van der Waals surface area contributed by atoms with Crippen LogP contribution >= 0.6 is 34.7 Å². The normalized spacial score (nSPS) is 13.8. The van der Waals surface area contributed by atoms with Crippen molar-refractivity contribution in [3.63, 3.8) is 0 Å². The number of hydrogen-bond acceptors (Lipinski definition) is 6. The molecule has 0 bridgehead atoms. The first kappa shape index (κ1) is 31.3. The van der Waals surface area contributed by atoms with Gasteiger partial charge >= 0.3 is 35.7 Å². The zero-order valence-corrected chi connectivity index (χ0v) is 26.0. The van der Waals surface area contributed by atoms with Crippen molar-refractivity contribution >= 4 is 52.8 Å². The van der Waals surface area contributed by atoms with Crippen molar-refractivity contribution in [3.8, 4) is 21.6 Å². The van der Waals surface area contributed by atoms with Gasteiger partial charge in [-0.3, -0.25) is 11.6 Å². The van der Waals surface area contributed by atoms with Crippen LogP contribution in [-0.2, 0) is 14.9 Å². The predicted octanol–water partition coefficient (Wildman–Crippen LogP) is 5.37. The van der Waals surface area contributed by atoms with Crippen molar-refractivity contribution in [2.45, 2.75) is 38.2 Å². The number of ether oxygens (including phenoxy) is 1. The first-order chi connectivity index (χ1) is 17.8. The summed E-state index contributed by atoms with van der Waals surface area (Å²) in [5.41, 5.74) is 5.22. The van der Waals surface area contributed by atoms with E-state index in [2.05, 4.69) is 16.0 Å². The summed E-state index contributed by atoms with van der Waals surface area (Å²) in [6, 6.07) is 20.9. The van der Waals surface area contributed by atoms with Crippen LogP contribution in [0, 0.1) is 6.92 Å². The summed E-state index contributed by atoms with van der Waals surface area (Å²) in [6.07, 6.45) is 2.76.